The molecule has 0 saturated heterocycles. The van der Waals surface area contributed by atoms with Crippen LogP contribution in [0.25, 0.3) is 89.7 Å². The lowest BCUT2D eigenvalue weighted by Gasteiger charge is -2.22. The number of ether oxygens (including phenoxy) is 6. The Kier molecular flexibility index (Phi) is 21.1. The maximum absolute atomic E-state index is 7.18. The first-order chi connectivity index (χ1) is 46.3. The summed E-state index contributed by atoms with van der Waals surface area (Å²) in [6.45, 7) is 20.0. The van der Waals surface area contributed by atoms with Crippen LogP contribution in [-0.4, -0.2) is 66.3 Å². The van der Waals surface area contributed by atoms with E-state index in [-0.39, 0.29) is 24.4 Å². The van der Waals surface area contributed by atoms with E-state index in [1.165, 1.54) is 99.3 Å². The lowest BCUT2D eigenvalue weighted by atomic mass is 9.89. The standard InChI is InChI=1S/C80H102N8O6/c1-9-17-25-29-33-49-45-53-54(46-50(49)34-30-26-18-10-2)74-81-73(53)83-77-65-66(70(90-42-22-14-6)62-58-38-37-57(93-58)61(62)69(65)89-41-21-13-5)79(87-77)85-75-55-47-51(35-31-27-19-11-3)52(36-32-28-20-12-4)48-56(55)76(82-75)86-80-68-67(78(84-74)88-80)71(91-43-23-15-7)63-59-39-40-60(94-59)64(63)72(68)92-44-24-16-8/h37-40,45-48,57-60H,9-36,41-44H2,1-8H3,(H2,81,82,83,84,85,86,87,88). The van der Waals surface area contributed by atoms with Gasteiger partial charge in [0.1, 0.15) is 70.0 Å². The minimum Gasteiger partial charge on any atom is -0.492 e. The van der Waals surface area contributed by atoms with Gasteiger partial charge in [0.2, 0.25) is 0 Å². The van der Waals surface area contributed by atoms with Crippen molar-refractivity contribution in [2.45, 2.75) is 260 Å². The third-order valence-electron chi connectivity index (χ3n) is 20.2. The zero-order chi connectivity index (χ0) is 64.7. The van der Waals surface area contributed by atoms with Crippen molar-refractivity contribution in [1.82, 2.24) is 39.9 Å². The molecule has 498 valence electrons. The molecule has 2 N–H and O–H groups in total. The summed E-state index contributed by atoms with van der Waals surface area (Å²) in [6.07, 6.45) is 37.4. The Hall–Kier alpha value is -7.16. The molecule has 0 aliphatic carbocycles. The van der Waals surface area contributed by atoms with Gasteiger partial charge < -0.3 is 38.4 Å². The van der Waals surface area contributed by atoms with Gasteiger partial charge in [-0.3, -0.25) is 0 Å². The molecule has 14 nitrogen and oxygen atoms in total. The number of nitrogens with zero attached hydrogens (tertiary/aromatic N) is 6. The summed E-state index contributed by atoms with van der Waals surface area (Å²) in [5.41, 5.74) is 15.1. The molecule has 0 saturated carbocycles. The minimum atomic E-state index is -0.311. The van der Waals surface area contributed by atoms with Crippen LogP contribution in [0, 0.1) is 0 Å². The number of rotatable bonds is 36. The largest absolute Gasteiger partial charge is 0.492 e. The fraction of sp³-hybridized carbons (Fsp3) is 0.550. The predicted octanol–water partition coefficient (Wildman–Crippen LogP) is 21.4. The second kappa shape index (κ2) is 30.3. The molecular formula is C80H102N8O6. The zero-order valence-corrected chi connectivity index (χ0v) is 57.7. The highest BCUT2D eigenvalue weighted by atomic mass is 16.5. The molecule has 94 heavy (non-hydrogen) atoms. The highest BCUT2D eigenvalue weighted by molar-refractivity contribution is 6.08. The molecule has 0 fully saturated rings. The summed E-state index contributed by atoms with van der Waals surface area (Å²) in [4.78, 5) is 42.6. The Labute approximate surface area is 557 Å². The maximum atomic E-state index is 7.18. The molecule has 13 rings (SSSR count). The molecule has 6 aliphatic rings. The van der Waals surface area contributed by atoms with E-state index in [0.717, 1.165) is 192 Å². The lowest BCUT2D eigenvalue weighted by Crippen LogP contribution is -2.09. The van der Waals surface area contributed by atoms with Crippen molar-refractivity contribution in [3.8, 4) is 68.5 Å². The number of fused-ring (bicyclic) bond motifs is 30. The quantitative estimate of drug-likeness (QED) is 0.0283. The number of hydrogen-bond donors (Lipinski definition) is 2. The van der Waals surface area contributed by atoms with Crippen LogP contribution >= 0.6 is 0 Å². The maximum Gasteiger partial charge on any atom is 0.168 e. The van der Waals surface area contributed by atoms with Crippen molar-refractivity contribution in [2.75, 3.05) is 26.4 Å². The number of aromatic amines is 2. The van der Waals surface area contributed by atoms with E-state index >= 15 is 0 Å². The average molecular weight is 1270 g/mol. The van der Waals surface area contributed by atoms with Gasteiger partial charge in [0.15, 0.2) is 23.3 Å². The van der Waals surface area contributed by atoms with Crippen LogP contribution < -0.4 is 18.9 Å². The number of benzene rings is 4. The Morgan fingerprint density at radius 1 is 0.298 bits per heavy atom. The third kappa shape index (κ3) is 12.9. The molecule has 4 unspecified atom stereocenters. The van der Waals surface area contributed by atoms with Crippen LogP contribution in [0.15, 0.2) is 48.6 Å². The van der Waals surface area contributed by atoms with Crippen molar-refractivity contribution in [3.05, 3.63) is 93.1 Å². The van der Waals surface area contributed by atoms with Crippen LogP contribution in [0.4, 0.5) is 0 Å². The number of H-pyrrole nitrogens is 2. The van der Waals surface area contributed by atoms with Gasteiger partial charge in [-0.15, -0.1) is 0 Å². The number of aryl methyl sites for hydroxylation is 4. The van der Waals surface area contributed by atoms with Gasteiger partial charge in [-0.05, 0) is 124 Å². The highest BCUT2D eigenvalue weighted by Gasteiger charge is 2.47. The summed E-state index contributed by atoms with van der Waals surface area (Å²) >= 11 is 0. The van der Waals surface area contributed by atoms with Crippen molar-refractivity contribution in [3.63, 3.8) is 0 Å². The van der Waals surface area contributed by atoms with E-state index in [1.54, 1.807) is 0 Å². The molecule has 9 heterocycles. The average Bonchev–Trinajstić information content (AvgIpc) is 1.54. The molecule has 7 aromatic rings. The summed E-state index contributed by atoms with van der Waals surface area (Å²) < 4.78 is 42.4. The van der Waals surface area contributed by atoms with E-state index in [1.807, 2.05) is 0 Å². The van der Waals surface area contributed by atoms with Gasteiger partial charge in [-0.1, -0.05) is 182 Å². The van der Waals surface area contributed by atoms with E-state index in [0.29, 0.717) is 72.3 Å². The first-order valence-electron chi connectivity index (χ1n) is 37.1. The number of unbranched alkanes of at least 4 members (excludes halogenated alkanes) is 16. The van der Waals surface area contributed by atoms with Gasteiger partial charge in [-0.2, -0.15) is 0 Å². The monoisotopic (exact) mass is 1270 g/mol. The van der Waals surface area contributed by atoms with Gasteiger partial charge in [0.05, 0.1) is 48.7 Å². The second-order valence-corrected chi connectivity index (χ2v) is 27.2. The smallest absolute Gasteiger partial charge is 0.168 e. The van der Waals surface area contributed by atoms with E-state index in [9.17, 15) is 0 Å². The summed E-state index contributed by atoms with van der Waals surface area (Å²) in [6, 6.07) is 9.65. The van der Waals surface area contributed by atoms with Gasteiger partial charge in [0.25, 0.3) is 0 Å². The topological polar surface area (TPSA) is 164 Å². The van der Waals surface area contributed by atoms with Gasteiger partial charge in [-0.25, -0.2) is 29.9 Å². The van der Waals surface area contributed by atoms with Crippen LogP contribution in [0.1, 0.15) is 278 Å². The fourth-order valence-electron chi connectivity index (χ4n) is 15.0. The second-order valence-electron chi connectivity index (χ2n) is 27.2. The summed E-state index contributed by atoms with van der Waals surface area (Å²) in [5.74, 6) is 4.92. The first-order valence-corrected chi connectivity index (χ1v) is 37.1. The summed E-state index contributed by atoms with van der Waals surface area (Å²) in [7, 11) is 0. The lowest BCUT2D eigenvalue weighted by molar-refractivity contribution is 0.0854. The molecule has 0 spiro atoms. The van der Waals surface area contributed by atoms with Gasteiger partial charge in [0, 0.05) is 43.8 Å². The Bertz CT molecular complexity index is 3610. The molecule has 0 amide bonds. The number of hydrogen-bond acceptors (Lipinski definition) is 12. The van der Waals surface area contributed by atoms with E-state index in [4.69, 9.17) is 58.3 Å². The van der Waals surface area contributed by atoms with Crippen molar-refractivity contribution < 1.29 is 28.4 Å². The molecule has 14 heteroatoms. The van der Waals surface area contributed by atoms with E-state index in [2.05, 4.69) is 114 Å². The van der Waals surface area contributed by atoms with Gasteiger partial charge >= 0.3 is 0 Å². The highest BCUT2D eigenvalue weighted by Crippen LogP contribution is 2.63. The Morgan fingerprint density at radius 2 is 0.532 bits per heavy atom. The number of aromatic nitrogens is 8. The Morgan fingerprint density at radius 3 is 0.755 bits per heavy atom. The molecule has 12 bridgehead atoms. The van der Waals surface area contributed by atoms with Crippen LogP contribution in [0.2, 0.25) is 0 Å². The molecule has 4 aromatic carbocycles. The number of nitrogens with one attached hydrogen (secondary N) is 2. The van der Waals surface area contributed by atoms with Crippen LogP contribution in [0.3, 0.4) is 0 Å². The van der Waals surface area contributed by atoms with Crippen LogP contribution in [0.5, 0.6) is 23.0 Å². The normalized spacial score (nSPS) is 16.9. The van der Waals surface area contributed by atoms with Crippen molar-refractivity contribution >= 4 is 44.1 Å². The van der Waals surface area contributed by atoms with Crippen LogP contribution in [-0.2, 0) is 35.2 Å². The molecular weight excluding hydrogens is 1170 g/mol. The minimum absolute atomic E-state index is 0.311. The SMILES string of the molecule is CCCCCCc1cc2c3nc4nc(nc5[nH]c(nc6nc(nc([nH]3)c2cc1CCCCCC)-c1c(OCCCC)c2c(c(OCCCC)c1-6)C1C=CC2O1)c1cc(CCCCCC)c(CCCCCC)cc51)-c1c(OCCCC)c2c(c(OCCCC)c1-4)C1C=CC2O1. The zero-order valence-electron chi connectivity index (χ0n) is 57.7. The predicted molar refractivity (Wildman–Crippen MR) is 380 cm³/mol. The Balaban J connectivity index is 1.19. The van der Waals surface area contributed by atoms with Crippen molar-refractivity contribution in [2.24, 2.45) is 0 Å². The molecule has 4 atom stereocenters. The third-order valence-corrected chi connectivity index (χ3v) is 20.2. The molecule has 6 aliphatic heterocycles. The fourth-order valence-corrected chi connectivity index (χ4v) is 15.0. The molecule has 3 aromatic heterocycles. The van der Waals surface area contributed by atoms with E-state index < -0.39 is 0 Å². The molecule has 0 radical (unpaired) electrons. The first kappa shape index (κ1) is 65.5. The van der Waals surface area contributed by atoms with Crippen molar-refractivity contribution in [1.29, 1.82) is 0 Å². The summed E-state index contributed by atoms with van der Waals surface area (Å²) in [5, 5.41) is 3.88.